The summed E-state index contributed by atoms with van der Waals surface area (Å²) in [6.07, 6.45) is 1.19. The van der Waals surface area contributed by atoms with Gasteiger partial charge in [-0.15, -0.1) is 26.3 Å². The van der Waals surface area contributed by atoms with Gasteiger partial charge in [-0.1, -0.05) is 107 Å². The smallest absolute Gasteiger partial charge is 0.303 e. The fourth-order valence-corrected chi connectivity index (χ4v) is 4.47. The number of carbonyl (C=O) groups is 2. The van der Waals surface area contributed by atoms with Crippen molar-refractivity contribution in [3.05, 3.63) is 84.0 Å². The van der Waals surface area contributed by atoms with Gasteiger partial charge < -0.3 is 20.4 Å². The maximum atomic E-state index is 10.8. The Morgan fingerprint density at radius 1 is 0.500 bits per heavy atom. The first kappa shape index (κ1) is 42.6. The highest BCUT2D eigenvalue weighted by molar-refractivity contribution is 5.67. The summed E-state index contributed by atoms with van der Waals surface area (Å²) in [7, 11) is 0. The molecule has 0 heterocycles. The first-order valence-electron chi connectivity index (χ1n) is 15.0. The molecule has 0 aliphatic rings. The number of aryl methyl sites for hydroxylation is 2. The molecule has 6 heteroatoms. The Kier molecular flexibility index (Phi) is 16.5. The van der Waals surface area contributed by atoms with Crippen LogP contribution in [0.5, 0.6) is 11.5 Å². The van der Waals surface area contributed by atoms with Gasteiger partial charge in [-0.05, 0) is 67.9 Å². The highest BCUT2D eigenvalue weighted by atomic mass is 16.4. The molecular formula is C38H60O6. The summed E-state index contributed by atoms with van der Waals surface area (Å²) in [6.45, 7) is 36.6. The zero-order valence-corrected chi connectivity index (χ0v) is 29.6. The van der Waals surface area contributed by atoms with Gasteiger partial charge in [0, 0.05) is 12.8 Å². The van der Waals surface area contributed by atoms with Crippen LogP contribution in [0.3, 0.4) is 0 Å². The van der Waals surface area contributed by atoms with Crippen LogP contribution in [0.2, 0.25) is 0 Å². The molecule has 44 heavy (non-hydrogen) atoms. The van der Waals surface area contributed by atoms with E-state index < -0.39 is 11.9 Å². The molecule has 2 aromatic carbocycles. The van der Waals surface area contributed by atoms with E-state index >= 15 is 0 Å². The number of aromatic hydroxyl groups is 2. The fourth-order valence-electron chi connectivity index (χ4n) is 4.47. The van der Waals surface area contributed by atoms with Crippen molar-refractivity contribution in [1.29, 1.82) is 0 Å². The average molecular weight is 613 g/mol. The molecule has 0 atom stereocenters. The Hall–Kier alpha value is -3.54. The van der Waals surface area contributed by atoms with Crippen LogP contribution in [0.1, 0.15) is 129 Å². The standard InChI is InChI=1S/2C17H26O3.2C2H4/c2*1-16(2,3)12-9-11(7-8-14(18)19)10-13(15(12)20)17(4,5)6;2*1-2/h2*9-10,20H,7-8H2,1-6H3,(H,18,19);2*1-2H2. The van der Waals surface area contributed by atoms with Crippen LogP contribution < -0.4 is 0 Å². The summed E-state index contributed by atoms with van der Waals surface area (Å²) >= 11 is 0. The highest BCUT2D eigenvalue weighted by Crippen LogP contribution is 2.41. The van der Waals surface area contributed by atoms with Gasteiger partial charge in [0.15, 0.2) is 0 Å². The molecule has 0 saturated heterocycles. The summed E-state index contributed by atoms with van der Waals surface area (Å²) in [5, 5.41) is 38.8. The number of phenols is 2. The van der Waals surface area contributed by atoms with E-state index in [0.29, 0.717) is 24.3 Å². The topological polar surface area (TPSA) is 115 Å². The Balaban J connectivity index is 0. The lowest BCUT2D eigenvalue weighted by atomic mass is 9.78. The van der Waals surface area contributed by atoms with Crippen molar-refractivity contribution in [2.24, 2.45) is 0 Å². The molecular weight excluding hydrogens is 552 g/mol. The van der Waals surface area contributed by atoms with Crippen LogP contribution >= 0.6 is 0 Å². The van der Waals surface area contributed by atoms with Crippen molar-refractivity contribution in [3.8, 4) is 11.5 Å². The van der Waals surface area contributed by atoms with Crippen LogP contribution in [0.4, 0.5) is 0 Å². The molecule has 0 aliphatic carbocycles. The van der Waals surface area contributed by atoms with Gasteiger partial charge in [0.25, 0.3) is 0 Å². The van der Waals surface area contributed by atoms with Crippen LogP contribution in [0, 0.1) is 0 Å². The number of hydrogen-bond acceptors (Lipinski definition) is 4. The zero-order chi connectivity index (χ0) is 35.4. The maximum Gasteiger partial charge on any atom is 0.303 e. The molecule has 0 aromatic heterocycles. The third kappa shape index (κ3) is 13.8. The van der Waals surface area contributed by atoms with Gasteiger partial charge in [0.2, 0.25) is 0 Å². The van der Waals surface area contributed by atoms with Crippen molar-refractivity contribution in [3.63, 3.8) is 0 Å². The molecule has 0 unspecified atom stereocenters. The second-order valence-corrected chi connectivity index (χ2v) is 14.9. The minimum atomic E-state index is -0.798. The van der Waals surface area contributed by atoms with Gasteiger partial charge in [0.05, 0.1) is 0 Å². The molecule has 0 spiro atoms. The largest absolute Gasteiger partial charge is 0.507 e. The SMILES string of the molecule is C=C.C=C.CC(C)(C)c1cc(CCC(=O)O)cc(C(C)(C)C)c1O.CC(C)(C)c1cc(CCC(=O)O)cc(C(C)(C)C)c1O. The molecule has 0 radical (unpaired) electrons. The molecule has 0 bridgehead atoms. The van der Waals surface area contributed by atoms with E-state index in [1.54, 1.807) is 0 Å². The van der Waals surface area contributed by atoms with E-state index in [4.69, 9.17) is 10.2 Å². The Morgan fingerprint density at radius 2 is 0.682 bits per heavy atom. The summed E-state index contributed by atoms with van der Waals surface area (Å²) in [5.41, 5.74) is 4.76. The van der Waals surface area contributed by atoms with Crippen LogP contribution in [-0.2, 0) is 44.1 Å². The number of aliphatic carboxylic acids is 2. The highest BCUT2D eigenvalue weighted by Gasteiger charge is 2.27. The number of carboxylic acids is 2. The lowest BCUT2D eigenvalue weighted by molar-refractivity contribution is -0.138. The first-order valence-corrected chi connectivity index (χ1v) is 15.0. The van der Waals surface area contributed by atoms with Gasteiger partial charge in [-0.25, -0.2) is 0 Å². The summed E-state index contributed by atoms with van der Waals surface area (Å²) in [4.78, 5) is 21.5. The number of carboxylic acid groups (broad SMARTS) is 2. The molecule has 6 nitrogen and oxygen atoms in total. The summed E-state index contributed by atoms with van der Waals surface area (Å²) in [5.74, 6) is -0.923. The van der Waals surface area contributed by atoms with Crippen LogP contribution in [0.15, 0.2) is 50.6 Å². The van der Waals surface area contributed by atoms with E-state index in [1.165, 1.54) is 0 Å². The lowest BCUT2D eigenvalue weighted by Gasteiger charge is -2.28. The third-order valence-corrected chi connectivity index (χ3v) is 6.83. The van der Waals surface area contributed by atoms with Gasteiger partial charge >= 0.3 is 11.9 Å². The number of hydrogen-bond donors (Lipinski definition) is 4. The zero-order valence-electron chi connectivity index (χ0n) is 29.6. The second kappa shape index (κ2) is 17.1. The van der Waals surface area contributed by atoms with E-state index in [1.807, 2.05) is 24.3 Å². The molecule has 4 N–H and O–H groups in total. The van der Waals surface area contributed by atoms with Gasteiger partial charge in [0.1, 0.15) is 11.5 Å². The Labute approximate surface area is 267 Å². The van der Waals surface area contributed by atoms with Crippen molar-refractivity contribution >= 4 is 11.9 Å². The predicted octanol–water partition coefficient (Wildman–Crippen LogP) is 9.61. The van der Waals surface area contributed by atoms with Crippen LogP contribution in [0.25, 0.3) is 0 Å². The second-order valence-electron chi connectivity index (χ2n) is 14.9. The van der Waals surface area contributed by atoms with Crippen molar-refractivity contribution in [1.82, 2.24) is 0 Å². The molecule has 0 saturated carbocycles. The molecule has 0 amide bonds. The van der Waals surface area contributed by atoms with E-state index in [0.717, 1.165) is 33.4 Å². The van der Waals surface area contributed by atoms with E-state index in [2.05, 4.69) is 109 Å². The van der Waals surface area contributed by atoms with Crippen molar-refractivity contribution < 1.29 is 30.0 Å². The Morgan fingerprint density at radius 3 is 0.818 bits per heavy atom. The monoisotopic (exact) mass is 612 g/mol. The molecule has 2 aromatic rings. The minimum Gasteiger partial charge on any atom is -0.507 e. The van der Waals surface area contributed by atoms with Crippen LogP contribution in [-0.4, -0.2) is 32.4 Å². The molecule has 2 rings (SSSR count). The summed E-state index contributed by atoms with van der Waals surface area (Å²) < 4.78 is 0. The van der Waals surface area contributed by atoms with Crippen molar-refractivity contribution in [2.75, 3.05) is 0 Å². The predicted molar refractivity (Wildman–Crippen MR) is 185 cm³/mol. The van der Waals surface area contributed by atoms with Crippen molar-refractivity contribution in [2.45, 2.75) is 130 Å². The minimum absolute atomic E-state index is 0.109. The quantitative estimate of drug-likeness (QED) is 0.242. The molecule has 0 aliphatic heterocycles. The molecule has 0 fully saturated rings. The Bertz CT molecular complexity index is 1060. The lowest BCUT2D eigenvalue weighted by Crippen LogP contribution is -2.18. The number of phenolic OH excluding ortho intramolecular Hbond substituents is 2. The maximum absolute atomic E-state index is 10.8. The third-order valence-electron chi connectivity index (χ3n) is 6.83. The van der Waals surface area contributed by atoms with E-state index in [9.17, 15) is 19.8 Å². The van der Waals surface area contributed by atoms with E-state index in [-0.39, 0.29) is 34.5 Å². The normalized spacial score (nSPS) is 11.5. The molecule has 248 valence electrons. The van der Waals surface area contributed by atoms with Gasteiger partial charge in [-0.2, -0.15) is 0 Å². The van der Waals surface area contributed by atoms with Gasteiger partial charge in [-0.3, -0.25) is 9.59 Å². The average Bonchev–Trinajstić information content (AvgIpc) is 2.87. The number of rotatable bonds is 6. The fraction of sp³-hybridized carbons (Fsp3) is 0.526. The summed E-state index contributed by atoms with van der Waals surface area (Å²) in [6, 6.07) is 7.75. The number of benzene rings is 2. The first-order chi connectivity index (χ1) is 19.9.